The predicted molar refractivity (Wildman–Crippen MR) is 62.5 cm³/mol. The van der Waals surface area contributed by atoms with Crippen LogP contribution < -0.4 is 5.73 Å². The van der Waals surface area contributed by atoms with E-state index in [9.17, 15) is 4.79 Å². The smallest absolute Gasteiger partial charge is 0.228 e. The number of hydrogen-bond donors (Lipinski definition) is 1. The third-order valence-electron chi connectivity index (χ3n) is 2.58. The first-order chi connectivity index (χ1) is 7.59. The number of furan rings is 1. The van der Waals surface area contributed by atoms with E-state index in [1.807, 2.05) is 13.8 Å². The highest BCUT2D eigenvalue weighted by molar-refractivity contribution is 6.08. The second-order valence-corrected chi connectivity index (χ2v) is 3.76. The van der Waals surface area contributed by atoms with Crippen molar-refractivity contribution in [2.45, 2.75) is 13.8 Å². The number of benzene rings is 1. The fraction of sp³-hybridized carbons (Fsp3) is 0.154. The standard InChI is InChI=1S/C13H13NO2/c1-8-6-7-12(16-8)13(15)10-4-3-5-11(14)9(10)2/h3-7H,14H2,1-2H3. The highest BCUT2D eigenvalue weighted by Crippen LogP contribution is 2.20. The van der Waals surface area contributed by atoms with Gasteiger partial charge in [0.2, 0.25) is 5.78 Å². The summed E-state index contributed by atoms with van der Waals surface area (Å²) in [6.07, 6.45) is 0. The number of carbonyl (C=O) groups is 1. The number of nitrogens with two attached hydrogens (primary N) is 1. The van der Waals surface area contributed by atoms with E-state index < -0.39 is 0 Å². The Morgan fingerprint density at radius 2 is 1.94 bits per heavy atom. The van der Waals surface area contributed by atoms with E-state index in [4.69, 9.17) is 10.2 Å². The van der Waals surface area contributed by atoms with Gasteiger partial charge in [0.25, 0.3) is 0 Å². The Hall–Kier alpha value is -2.03. The lowest BCUT2D eigenvalue weighted by Gasteiger charge is -2.05. The summed E-state index contributed by atoms with van der Waals surface area (Å²) < 4.78 is 5.30. The van der Waals surface area contributed by atoms with E-state index in [2.05, 4.69) is 0 Å². The van der Waals surface area contributed by atoms with Crippen LogP contribution in [0.4, 0.5) is 5.69 Å². The molecular weight excluding hydrogens is 202 g/mol. The molecule has 2 N–H and O–H groups in total. The molecule has 0 aliphatic carbocycles. The summed E-state index contributed by atoms with van der Waals surface area (Å²) in [4.78, 5) is 12.1. The summed E-state index contributed by atoms with van der Waals surface area (Å²) in [6.45, 7) is 3.64. The molecule has 0 saturated carbocycles. The average molecular weight is 215 g/mol. The van der Waals surface area contributed by atoms with Crippen molar-refractivity contribution in [3.63, 3.8) is 0 Å². The number of anilines is 1. The average Bonchev–Trinajstić information content (AvgIpc) is 2.68. The topological polar surface area (TPSA) is 56.2 Å². The summed E-state index contributed by atoms with van der Waals surface area (Å²) >= 11 is 0. The van der Waals surface area contributed by atoms with Crippen molar-refractivity contribution in [2.75, 3.05) is 5.73 Å². The van der Waals surface area contributed by atoms with Crippen molar-refractivity contribution in [1.82, 2.24) is 0 Å². The normalized spacial score (nSPS) is 10.4. The van der Waals surface area contributed by atoms with Gasteiger partial charge in [0.1, 0.15) is 5.76 Å². The molecule has 0 radical (unpaired) electrons. The quantitative estimate of drug-likeness (QED) is 0.619. The van der Waals surface area contributed by atoms with Crippen LogP contribution in [0.25, 0.3) is 0 Å². The molecule has 0 aliphatic rings. The Bertz CT molecular complexity index is 541. The maximum Gasteiger partial charge on any atom is 0.228 e. The second kappa shape index (κ2) is 3.85. The lowest BCUT2D eigenvalue weighted by molar-refractivity contribution is 0.101. The number of ketones is 1. The van der Waals surface area contributed by atoms with Gasteiger partial charge >= 0.3 is 0 Å². The van der Waals surface area contributed by atoms with Gasteiger partial charge in [-0.05, 0) is 37.6 Å². The lowest BCUT2D eigenvalue weighted by Crippen LogP contribution is -2.04. The minimum Gasteiger partial charge on any atom is -0.458 e. The number of rotatable bonds is 2. The zero-order valence-corrected chi connectivity index (χ0v) is 9.28. The van der Waals surface area contributed by atoms with Gasteiger partial charge in [0.15, 0.2) is 5.76 Å². The van der Waals surface area contributed by atoms with Crippen molar-refractivity contribution in [2.24, 2.45) is 0 Å². The zero-order valence-electron chi connectivity index (χ0n) is 9.28. The molecule has 0 aliphatic heterocycles. The molecule has 3 nitrogen and oxygen atoms in total. The molecule has 0 fully saturated rings. The highest BCUT2D eigenvalue weighted by Gasteiger charge is 2.15. The summed E-state index contributed by atoms with van der Waals surface area (Å²) in [5.41, 5.74) is 7.76. The van der Waals surface area contributed by atoms with Gasteiger partial charge in [-0.2, -0.15) is 0 Å². The van der Waals surface area contributed by atoms with Gasteiger partial charge in [-0.15, -0.1) is 0 Å². The van der Waals surface area contributed by atoms with Crippen molar-refractivity contribution < 1.29 is 9.21 Å². The van der Waals surface area contributed by atoms with Crippen molar-refractivity contribution in [1.29, 1.82) is 0 Å². The first-order valence-corrected chi connectivity index (χ1v) is 5.06. The van der Waals surface area contributed by atoms with Gasteiger partial charge < -0.3 is 10.2 Å². The van der Waals surface area contributed by atoms with E-state index in [0.717, 1.165) is 11.3 Å². The first-order valence-electron chi connectivity index (χ1n) is 5.06. The molecule has 1 aromatic heterocycles. The summed E-state index contributed by atoms with van der Waals surface area (Å²) in [6, 6.07) is 8.76. The monoisotopic (exact) mass is 215 g/mol. The molecule has 0 saturated heterocycles. The van der Waals surface area contributed by atoms with Crippen LogP contribution in [0.5, 0.6) is 0 Å². The van der Waals surface area contributed by atoms with E-state index in [0.29, 0.717) is 17.0 Å². The van der Waals surface area contributed by atoms with Crippen LogP contribution in [0.2, 0.25) is 0 Å². The minimum absolute atomic E-state index is 0.127. The second-order valence-electron chi connectivity index (χ2n) is 3.76. The van der Waals surface area contributed by atoms with Crippen LogP contribution in [0, 0.1) is 13.8 Å². The van der Waals surface area contributed by atoms with E-state index in [1.165, 1.54) is 0 Å². The number of nitrogen functional groups attached to an aromatic ring is 1. The Balaban J connectivity index is 2.45. The third-order valence-corrected chi connectivity index (χ3v) is 2.58. The highest BCUT2D eigenvalue weighted by atomic mass is 16.3. The Morgan fingerprint density at radius 1 is 1.19 bits per heavy atom. The Kier molecular flexibility index (Phi) is 2.52. The maximum atomic E-state index is 12.1. The van der Waals surface area contributed by atoms with E-state index >= 15 is 0 Å². The fourth-order valence-corrected chi connectivity index (χ4v) is 1.59. The van der Waals surface area contributed by atoms with Crippen LogP contribution >= 0.6 is 0 Å². The van der Waals surface area contributed by atoms with Crippen molar-refractivity contribution >= 4 is 11.5 Å². The number of carbonyl (C=O) groups excluding carboxylic acids is 1. The van der Waals surface area contributed by atoms with Crippen molar-refractivity contribution in [3.05, 3.63) is 53.0 Å². The van der Waals surface area contributed by atoms with Gasteiger partial charge in [0, 0.05) is 11.3 Å². The SMILES string of the molecule is Cc1ccc(C(=O)c2cccc(N)c2C)o1. The molecule has 1 aromatic carbocycles. The van der Waals surface area contributed by atoms with Crippen LogP contribution in [0.15, 0.2) is 34.7 Å². The predicted octanol–water partition coefficient (Wildman–Crippen LogP) is 2.71. The molecule has 16 heavy (non-hydrogen) atoms. The fourth-order valence-electron chi connectivity index (χ4n) is 1.59. The third kappa shape index (κ3) is 1.72. The first kappa shape index (κ1) is 10.5. The molecular formula is C13H13NO2. The molecule has 0 atom stereocenters. The van der Waals surface area contributed by atoms with Gasteiger partial charge in [0.05, 0.1) is 0 Å². The zero-order chi connectivity index (χ0) is 11.7. The molecule has 1 heterocycles. The summed E-state index contributed by atoms with van der Waals surface area (Å²) in [5.74, 6) is 0.953. The molecule has 0 amide bonds. The van der Waals surface area contributed by atoms with E-state index in [-0.39, 0.29) is 5.78 Å². The van der Waals surface area contributed by atoms with Gasteiger partial charge in [-0.25, -0.2) is 0 Å². The molecule has 0 spiro atoms. The molecule has 2 aromatic rings. The molecule has 0 bridgehead atoms. The summed E-state index contributed by atoms with van der Waals surface area (Å²) in [5, 5.41) is 0. The van der Waals surface area contributed by atoms with Crippen LogP contribution in [-0.4, -0.2) is 5.78 Å². The van der Waals surface area contributed by atoms with Crippen LogP contribution in [0.3, 0.4) is 0 Å². The molecule has 2 rings (SSSR count). The summed E-state index contributed by atoms with van der Waals surface area (Å²) in [7, 11) is 0. The van der Waals surface area contributed by atoms with Crippen molar-refractivity contribution in [3.8, 4) is 0 Å². The number of aryl methyl sites for hydroxylation is 1. The van der Waals surface area contributed by atoms with E-state index in [1.54, 1.807) is 30.3 Å². The minimum atomic E-state index is -0.127. The van der Waals surface area contributed by atoms with Crippen LogP contribution in [0.1, 0.15) is 27.4 Å². The van der Waals surface area contributed by atoms with Crippen LogP contribution in [-0.2, 0) is 0 Å². The molecule has 82 valence electrons. The molecule has 3 heteroatoms. The number of hydrogen-bond acceptors (Lipinski definition) is 3. The van der Waals surface area contributed by atoms with Gasteiger partial charge in [-0.1, -0.05) is 12.1 Å². The van der Waals surface area contributed by atoms with Gasteiger partial charge in [-0.3, -0.25) is 4.79 Å². The lowest BCUT2D eigenvalue weighted by atomic mass is 10.0. The molecule has 0 unspecified atom stereocenters. The Labute approximate surface area is 93.9 Å². The largest absolute Gasteiger partial charge is 0.458 e. The Morgan fingerprint density at radius 3 is 2.56 bits per heavy atom. The maximum absolute atomic E-state index is 12.1.